The number of hydrogen-bond donors (Lipinski definition) is 1. The predicted molar refractivity (Wildman–Crippen MR) is 64.5 cm³/mol. The van der Waals surface area contributed by atoms with Gasteiger partial charge in [-0.05, 0) is 18.6 Å². The maximum absolute atomic E-state index is 13.6. The molecule has 2 rings (SSSR count). The molecule has 19 heavy (non-hydrogen) atoms. The van der Waals surface area contributed by atoms with Gasteiger partial charge < -0.3 is 9.63 Å². The van der Waals surface area contributed by atoms with Gasteiger partial charge in [0.05, 0.1) is 10.6 Å². The Balaban J connectivity index is 2.35. The summed E-state index contributed by atoms with van der Waals surface area (Å²) in [6.07, 6.45) is 0.300. The summed E-state index contributed by atoms with van der Waals surface area (Å²) in [6.45, 7) is 1.89. The fourth-order valence-corrected chi connectivity index (χ4v) is 1.72. The smallest absolute Gasteiger partial charge is 0.261 e. The molecule has 7 heteroatoms. The predicted octanol–water partition coefficient (Wildman–Crippen LogP) is 3.50. The van der Waals surface area contributed by atoms with E-state index in [9.17, 15) is 13.9 Å². The van der Waals surface area contributed by atoms with Crippen LogP contribution in [0.1, 0.15) is 31.7 Å². The van der Waals surface area contributed by atoms with Crippen molar-refractivity contribution in [3.8, 4) is 11.5 Å². The molecule has 0 saturated heterocycles. The van der Waals surface area contributed by atoms with Gasteiger partial charge in [0.15, 0.2) is 0 Å². The summed E-state index contributed by atoms with van der Waals surface area (Å²) >= 11 is 5.45. The molecule has 0 spiro atoms. The Morgan fingerprint density at radius 3 is 2.79 bits per heavy atom. The number of benzene rings is 1. The molecule has 1 heterocycles. The Kier molecular flexibility index (Phi) is 4.11. The van der Waals surface area contributed by atoms with Crippen LogP contribution in [0.15, 0.2) is 16.7 Å². The number of nitrogens with zero attached hydrogens (tertiary/aromatic N) is 2. The number of aromatic nitrogens is 2. The van der Waals surface area contributed by atoms with E-state index in [1.54, 1.807) is 0 Å². The van der Waals surface area contributed by atoms with E-state index in [2.05, 4.69) is 10.1 Å². The quantitative estimate of drug-likeness (QED) is 0.875. The van der Waals surface area contributed by atoms with Crippen LogP contribution in [-0.2, 0) is 0 Å². The molecule has 2 aromatic rings. The number of halogens is 3. The lowest BCUT2D eigenvalue weighted by Gasteiger charge is -2.01. The molecule has 4 nitrogen and oxygen atoms in total. The van der Waals surface area contributed by atoms with Crippen LogP contribution >= 0.6 is 11.6 Å². The lowest BCUT2D eigenvalue weighted by Crippen LogP contribution is -1.99. The molecule has 0 aliphatic rings. The monoisotopic (exact) mass is 288 g/mol. The second-order valence-electron chi connectivity index (χ2n) is 4.01. The molecule has 1 aromatic carbocycles. The summed E-state index contributed by atoms with van der Waals surface area (Å²) in [5.41, 5.74) is -0.190. The van der Waals surface area contributed by atoms with Crippen LogP contribution < -0.4 is 0 Å². The van der Waals surface area contributed by atoms with Crippen LogP contribution in [-0.4, -0.2) is 15.2 Å². The average molecular weight is 289 g/mol. The van der Waals surface area contributed by atoms with Gasteiger partial charge in [-0.25, -0.2) is 8.78 Å². The number of aliphatic hydroxyl groups is 1. The molecule has 0 amide bonds. The molecule has 1 atom stereocenters. The van der Waals surface area contributed by atoms with E-state index in [0.29, 0.717) is 6.42 Å². The first-order valence-corrected chi connectivity index (χ1v) is 6.07. The number of hydrogen-bond acceptors (Lipinski definition) is 4. The van der Waals surface area contributed by atoms with Crippen molar-refractivity contribution in [2.24, 2.45) is 0 Å². The summed E-state index contributed by atoms with van der Waals surface area (Å²) < 4.78 is 31.7. The Bertz CT molecular complexity index is 589. The second-order valence-corrected chi connectivity index (χ2v) is 4.42. The van der Waals surface area contributed by atoms with E-state index in [1.165, 1.54) is 0 Å². The topological polar surface area (TPSA) is 59.2 Å². The third kappa shape index (κ3) is 2.90. The van der Waals surface area contributed by atoms with Crippen molar-refractivity contribution in [2.45, 2.75) is 25.9 Å². The van der Waals surface area contributed by atoms with Crippen molar-refractivity contribution in [2.75, 3.05) is 0 Å². The molecule has 0 aliphatic carbocycles. The van der Waals surface area contributed by atoms with Gasteiger partial charge in [-0.1, -0.05) is 30.1 Å². The minimum atomic E-state index is -0.886. The zero-order valence-electron chi connectivity index (χ0n) is 10.0. The first-order chi connectivity index (χ1) is 9.02. The summed E-state index contributed by atoms with van der Waals surface area (Å²) in [6, 6.07) is 1.71. The van der Waals surface area contributed by atoms with E-state index in [1.807, 2.05) is 6.92 Å². The Labute approximate surface area is 113 Å². The zero-order chi connectivity index (χ0) is 14.0. The maximum Gasteiger partial charge on any atom is 0.261 e. The molecule has 0 radical (unpaired) electrons. The first kappa shape index (κ1) is 13.9. The van der Waals surface area contributed by atoms with Crippen molar-refractivity contribution in [3.05, 3.63) is 34.6 Å². The summed E-state index contributed by atoms with van der Waals surface area (Å²) in [7, 11) is 0. The van der Waals surface area contributed by atoms with Crippen molar-refractivity contribution < 1.29 is 18.4 Å². The Morgan fingerprint density at radius 2 is 2.11 bits per heavy atom. The highest BCUT2D eigenvalue weighted by Gasteiger charge is 2.19. The third-order valence-corrected chi connectivity index (χ3v) is 2.83. The molecule has 0 fully saturated rings. The maximum atomic E-state index is 13.6. The highest BCUT2D eigenvalue weighted by molar-refractivity contribution is 6.30. The van der Waals surface area contributed by atoms with Gasteiger partial charge in [-0.3, -0.25) is 0 Å². The fourth-order valence-electron chi connectivity index (χ4n) is 1.57. The molecule has 1 N–H and O–H groups in total. The molecule has 1 aromatic heterocycles. The van der Waals surface area contributed by atoms with Crippen molar-refractivity contribution >= 4 is 11.6 Å². The lowest BCUT2D eigenvalue weighted by molar-refractivity contribution is 0.153. The van der Waals surface area contributed by atoms with E-state index in [0.717, 1.165) is 18.6 Å². The first-order valence-electron chi connectivity index (χ1n) is 5.69. The van der Waals surface area contributed by atoms with Gasteiger partial charge >= 0.3 is 0 Å². The minimum absolute atomic E-state index is 0.0478. The van der Waals surface area contributed by atoms with Crippen LogP contribution in [0.5, 0.6) is 0 Å². The second kappa shape index (κ2) is 5.63. The van der Waals surface area contributed by atoms with Crippen molar-refractivity contribution in [1.29, 1.82) is 0 Å². The van der Waals surface area contributed by atoms with Crippen LogP contribution in [0.25, 0.3) is 11.5 Å². The van der Waals surface area contributed by atoms with E-state index in [-0.39, 0.29) is 22.3 Å². The zero-order valence-corrected chi connectivity index (χ0v) is 10.8. The van der Waals surface area contributed by atoms with E-state index in [4.69, 9.17) is 16.1 Å². The van der Waals surface area contributed by atoms with Crippen LogP contribution in [0.3, 0.4) is 0 Å². The molecule has 0 aliphatic heterocycles. The Hall–Kier alpha value is -1.53. The normalized spacial score (nSPS) is 12.7. The average Bonchev–Trinajstić information content (AvgIpc) is 2.83. The van der Waals surface area contributed by atoms with Gasteiger partial charge in [-0.15, -0.1) is 0 Å². The molecule has 102 valence electrons. The fraction of sp³-hybridized carbons (Fsp3) is 0.333. The van der Waals surface area contributed by atoms with Crippen LogP contribution in [0.4, 0.5) is 8.78 Å². The SMILES string of the molecule is CCCC(O)c1noc(-c2cc(F)c(Cl)cc2F)n1. The van der Waals surface area contributed by atoms with E-state index >= 15 is 0 Å². The third-order valence-electron chi connectivity index (χ3n) is 2.54. The van der Waals surface area contributed by atoms with Gasteiger partial charge in [0.2, 0.25) is 5.82 Å². The summed E-state index contributed by atoms with van der Waals surface area (Å²) in [5, 5.41) is 12.9. The molecule has 0 bridgehead atoms. The standard InChI is InChI=1S/C12H11ClF2N2O2/c1-2-3-10(18)11-16-12(19-17-11)6-4-9(15)7(13)5-8(6)14/h4-5,10,18H,2-3H2,1H3. The molecular weight excluding hydrogens is 278 g/mol. The minimum Gasteiger partial charge on any atom is -0.385 e. The highest BCUT2D eigenvalue weighted by atomic mass is 35.5. The molecule has 1 unspecified atom stereocenters. The summed E-state index contributed by atoms with van der Waals surface area (Å²) in [5.74, 6) is -1.71. The van der Waals surface area contributed by atoms with Crippen LogP contribution in [0, 0.1) is 11.6 Å². The molecule has 0 saturated carbocycles. The number of aliphatic hydroxyl groups excluding tert-OH is 1. The number of rotatable bonds is 4. The van der Waals surface area contributed by atoms with Gasteiger partial charge in [-0.2, -0.15) is 4.98 Å². The van der Waals surface area contributed by atoms with Gasteiger partial charge in [0.1, 0.15) is 17.7 Å². The largest absolute Gasteiger partial charge is 0.385 e. The summed E-state index contributed by atoms with van der Waals surface area (Å²) in [4.78, 5) is 3.85. The van der Waals surface area contributed by atoms with Crippen molar-refractivity contribution in [3.63, 3.8) is 0 Å². The Morgan fingerprint density at radius 1 is 1.37 bits per heavy atom. The highest BCUT2D eigenvalue weighted by Crippen LogP contribution is 2.27. The lowest BCUT2D eigenvalue weighted by atomic mass is 10.2. The van der Waals surface area contributed by atoms with Gasteiger partial charge in [0.25, 0.3) is 5.89 Å². The van der Waals surface area contributed by atoms with E-state index < -0.39 is 17.7 Å². The van der Waals surface area contributed by atoms with Crippen molar-refractivity contribution in [1.82, 2.24) is 10.1 Å². The van der Waals surface area contributed by atoms with Gasteiger partial charge in [0, 0.05) is 0 Å². The molecular formula is C12H11ClF2N2O2. The van der Waals surface area contributed by atoms with Crippen LogP contribution in [0.2, 0.25) is 5.02 Å².